The molecule has 5 nitrogen and oxygen atoms in total. The normalized spacial score (nSPS) is 12.5. The van der Waals surface area contributed by atoms with Crippen LogP contribution in [0.3, 0.4) is 0 Å². The number of ether oxygens (including phenoxy) is 1. The van der Waals surface area contributed by atoms with E-state index in [1.165, 1.54) is 29.2 Å². The van der Waals surface area contributed by atoms with Crippen molar-refractivity contribution in [3.8, 4) is 5.75 Å². The lowest BCUT2D eigenvalue weighted by atomic mass is 10.1. The number of sulfone groups is 1. The van der Waals surface area contributed by atoms with Crippen LogP contribution in [0.2, 0.25) is 5.02 Å². The molecule has 0 aliphatic heterocycles. The maximum Gasteiger partial charge on any atom is 0.238 e. The molecule has 2 rings (SSSR count). The molecule has 1 atom stereocenters. The predicted molar refractivity (Wildman–Crippen MR) is 97.7 cm³/mol. The summed E-state index contributed by atoms with van der Waals surface area (Å²) in [6.45, 7) is 1.82. The first-order valence-electron chi connectivity index (χ1n) is 7.63. The maximum absolute atomic E-state index is 12.5. The minimum atomic E-state index is -3.73. The Morgan fingerprint density at radius 2 is 1.76 bits per heavy atom. The second kappa shape index (κ2) is 7.89. The largest absolute Gasteiger partial charge is 0.496 e. The van der Waals surface area contributed by atoms with Crippen molar-refractivity contribution in [3.05, 3.63) is 59.1 Å². The van der Waals surface area contributed by atoms with E-state index in [9.17, 15) is 13.2 Å². The lowest BCUT2D eigenvalue weighted by Crippen LogP contribution is -2.34. The van der Waals surface area contributed by atoms with Crippen molar-refractivity contribution in [1.29, 1.82) is 0 Å². The summed E-state index contributed by atoms with van der Waals surface area (Å²) in [6.07, 6.45) is 0. The van der Waals surface area contributed by atoms with E-state index in [0.29, 0.717) is 10.8 Å². The summed E-state index contributed by atoms with van der Waals surface area (Å²) in [6, 6.07) is 12.8. The van der Waals surface area contributed by atoms with Crippen LogP contribution in [-0.2, 0) is 14.6 Å². The molecule has 134 valence electrons. The van der Waals surface area contributed by atoms with Gasteiger partial charge in [-0.05, 0) is 37.3 Å². The third-order valence-electron chi connectivity index (χ3n) is 4.05. The number of para-hydroxylation sites is 1. The molecule has 0 aliphatic rings. The summed E-state index contributed by atoms with van der Waals surface area (Å²) < 4.78 is 30.2. The summed E-state index contributed by atoms with van der Waals surface area (Å²) in [5, 5.41) is 0.437. The SMILES string of the molecule is COc1ccccc1C(C)N(C)C(=O)CS(=O)(=O)c1ccc(Cl)cc1. The van der Waals surface area contributed by atoms with Crippen LogP contribution in [0, 0.1) is 0 Å². The molecule has 0 fully saturated rings. The second-order valence-corrected chi connectivity index (χ2v) is 8.06. The Bertz CT molecular complexity index is 850. The first-order valence-corrected chi connectivity index (χ1v) is 9.66. The molecule has 2 aromatic rings. The van der Waals surface area contributed by atoms with Gasteiger partial charge in [0.1, 0.15) is 11.5 Å². The van der Waals surface area contributed by atoms with Crippen LogP contribution < -0.4 is 4.74 Å². The Labute approximate surface area is 153 Å². The molecule has 1 unspecified atom stereocenters. The van der Waals surface area contributed by atoms with Crippen molar-refractivity contribution in [2.75, 3.05) is 19.9 Å². The van der Waals surface area contributed by atoms with E-state index < -0.39 is 21.5 Å². The lowest BCUT2D eigenvalue weighted by molar-refractivity contribution is -0.129. The number of carbonyl (C=O) groups excluding carboxylic acids is 1. The zero-order chi connectivity index (χ0) is 18.6. The Balaban J connectivity index is 2.18. The summed E-state index contributed by atoms with van der Waals surface area (Å²) in [5.74, 6) is -0.450. The van der Waals surface area contributed by atoms with E-state index in [1.807, 2.05) is 25.1 Å². The number of amides is 1. The maximum atomic E-state index is 12.5. The third-order valence-corrected chi connectivity index (χ3v) is 5.92. The number of methoxy groups -OCH3 is 1. The van der Waals surface area contributed by atoms with Gasteiger partial charge in [0.05, 0.1) is 18.0 Å². The van der Waals surface area contributed by atoms with Gasteiger partial charge in [-0.2, -0.15) is 0 Å². The molecular weight excluding hydrogens is 362 g/mol. The van der Waals surface area contributed by atoms with Crippen molar-refractivity contribution in [2.45, 2.75) is 17.9 Å². The highest BCUT2D eigenvalue weighted by molar-refractivity contribution is 7.92. The van der Waals surface area contributed by atoms with Crippen molar-refractivity contribution in [2.24, 2.45) is 0 Å². The van der Waals surface area contributed by atoms with Crippen LogP contribution in [0.1, 0.15) is 18.5 Å². The monoisotopic (exact) mass is 381 g/mol. The van der Waals surface area contributed by atoms with Crippen LogP contribution in [0.4, 0.5) is 0 Å². The molecule has 0 aromatic heterocycles. The van der Waals surface area contributed by atoms with Gasteiger partial charge in [-0.3, -0.25) is 4.79 Å². The zero-order valence-corrected chi connectivity index (χ0v) is 15.8. The topological polar surface area (TPSA) is 63.7 Å². The van der Waals surface area contributed by atoms with Gasteiger partial charge in [-0.25, -0.2) is 8.42 Å². The summed E-state index contributed by atoms with van der Waals surface area (Å²) >= 11 is 5.77. The number of rotatable bonds is 6. The number of carbonyl (C=O) groups is 1. The number of halogens is 1. The number of hydrogen-bond donors (Lipinski definition) is 0. The average Bonchev–Trinajstić information content (AvgIpc) is 2.60. The van der Waals surface area contributed by atoms with Crippen LogP contribution in [-0.4, -0.2) is 39.1 Å². The van der Waals surface area contributed by atoms with E-state index in [0.717, 1.165) is 5.56 Å². The van der Waals surface area contributed by atoms with Gasteiger partial charge < -0.3 is 9.64 Å². The van der Waals surface area contributed by atoms with Gasteiger partial charge in [-0.1, -0.05) is 29.8 Å². The van der Waals surface area contributed by atoms with Crippen LogP contribution in [0.15, 0.2) is 53.4 Å². The van der Waals surface area contributed by atoms with Gasteiger partial charge >= 0.3 is 0 Å². The molecule has 0 heterocycles. The van der Waals surface area contributed by atoms with Crippen molar-refractivity contribution >= 4 is 27.3 Å². The molecule has 7 heteroatoms. The van der Waals surface area contributed by atoms with E-state index in [1.54, 1.807) is 20.2 Å². The molecule has 0 radical (unpaired) electrons. The molecule has 0 aliphatic carbocycles. The number of benzene rings is 2. The molecule has 0 saturated heterocycles. The molecule has 0 spiro atoms. The van der Waals surface area contributed by atoms with Crippen molar-refractivity contribution in [1.82, 2.24) is 4.90 Å². The standard InChI is InChI=1S/C18H20ClNO4S/c1-13(16-6-4-5-7-17(16)24-3)20(2)18(21)12-25(22,23)15-10-8-14(19)9-11-15/h4-11,13H,12H2,1-3H3. The molecule has 2 aromatic carbocycles. The third kappa shape index (κ3) is 4.52. The van der Waals surface area contributed by atoms with Crippen LogP contribution in [0.25, 0.3) is 0 Å². The lowest BCUT2D eigenvalue weighted by Gasteiger charge is -2.26. The quantitative estimate of drug-likeness (QED) is 0.769. The molecule has 1 amide bonds. The van der Waals surface area contributed by atoms with Gasteiger partial charge in [0.25, 0.3) is 0 Å². The van der Waals surface area contributed by atoms with Crippen LogP contribution >= 0.6 is 11.6 Å². The van der Waals surface area contributed by atoms with Gasteiger partial charge in [0, 0.05) is 17.6 Å². The number of nitrogens with zero attached hydrogens (tertiary/aromatic N) is 1. The molecule has 25 heavy (non-hydrogen) atoms. The summed E-state index contributed by atoms with van der Waals surface area (Å²) in [7, 11) is -0.600. The van der Waals surface area contributed by atoms with Crippen molar-refractivity contribution < 1.29 is 17.9 Å². The van der Waals surface area contributed by atoms with Crippen LogP contribution in [0.5, 0.6) is 5.75 Å². The van der Waals surface area contributed by atoms with E-state index in [-0.39, 0.29) is 10.9 Å². The fourth-order valence-electron chi connectivity index (χ4n) is 2.43. The highest BCUT2D eigenvalue weighted by atomic mass is 35.5. The molecule has 0 saturated carbocycles. The minimum absolute atomic E-state index is 0.0728. The Morgan fingerprint density at radius 3 is 2.36 bits per heavy atom. The molecular formula is C18H20ClNO4S. The average molecular weight is 382 g/mol. The van der Waals surface area contributed by atoms with Gasteiger partial charge in [-0.15, -0.1) is 0 Å². The summed E-state index contributed by atoms with van der Waals surface area (Å²) in [4.78, 5) is 14.0. The van der Waals surface area contributed by atoms with Crippen molar-refractivity contribution in [3.63, 3.8) is 0 Å². The molecule has 0 N–H and O–H groups in total. The number of hydrogen-bond acceptors (Lipinski definition) is 4. The predicted octanol–water partition coefficient (Wildman–Crippen LogP) is 3.34. The Kier molecular flexibility index (Phi) is 6.08. The first-order chi connectivity index (χ1) is 11.8. The highest BCUT2D eigenvalue weighted by Gasteiger charge is 2.26. The Morgan fingerprint density at radius 1 is 1.16 bits per heavy atom. The van der Waals surface area contributed by atoms with E-state index in [4.69, 9.17) is 16.3 Å². The van der Waals surface area contributed by atoms with E-state index in [2.05, 4.69) is 0 Å². The smallest absolute Gasteiger partial charge is 0.238 e. The van der Waals surface area contributed by atoms with Gasteiger partial charge in [0.2, 0.25) is 5.91 Å². The fourth-order valence-corrected chi connectivity index (χ4v) is 3.80. The first kappa shape index (κ1) is 19.3. The Hall–Kier alpha value is -2.05. The van der Waals surface area contributed by atoms with Gasteiger partial charge in [0.15, 0.2) is 9.84 Å². The fraction of sp³-hybridized carbons (Fsp3) is 0.278. The summed E-state index contributed by atoms with van der Waals surface area (Å²) in [5.41, 5.74) is 0.810. The second-order valence-electron chi connectivity index (χ2n) is 5.64. The van der Waals surface area contributed by atoms with E-state index >= 15 is 0 Å². The minimum Gasteiger partial charge on any atom is -0.496 e. The molecule has 0 bridgehead atoms. The highest BCUT2D eigenvalue weighted by Crippen LogP contribution is 2.28. The zero-order valence-electron chi connectivity index (χ0n) is 14.3.